The number of hydrogen-bond donors (Lipinski definition) is 0. The molecule has 0 aromatic rings. The molecule has 1 atom stereocenters. The Hall–Kier alpha value is -2.40. The Morgan fingerprint density at radius 3 is 1.76 bits per heavy atom. The summed E-state index contributed by atoms with van der Waals surface area (Å²) in [6.45, 7) is 11.6. The molecule has 1 unspecified atom stereocenters. The van der Waals surface area contributed by atoms with Crippen LogP contribution >= 0.6 is 0 Å². The molecule has 10 nitrogen and oxygen atoms in total. The van der Waals surface area contributed by atoms with Gasteiger partial charge in [-0.3, -0.25) is 33.9 Å². The Morgan fingerprint density at radius 1 is 0.765 bits per heavy atom. The highest BCUT2D eigenvalue weighted by atomic mass is 16.5. The van der Waals surface area contributed by atoms with Gasteiger partial charge in [-0.25, -0.2) is 0 Å². The molecule has 0 fully saturated rings. The number of hydrogen-bond acceptors (Lipinski definition) is 8. The summed E-state index contributed by atoms with van der Waals surface area (Å²) in [4.78, 5) is 52.3. The third kappa shape index (κ3) is 8.12. The first-order valence-electron chi connectivity index (χ1n) is 11.8. The van der Waals surface area contributed by atoms with Crippen LogP contribution in [0.1, 0.15) is 34.1 Å². The number of carbonyl (C=O) groups is 4. The summed E-state index contributed by atoms with van der Waals surface area (Å²) in [5.41, 5.74) is 0.551. The zero-order chi connectivity index (χ0) is 25.1. The molecule has 10 heteroatoms. The van der Waals surface area contributed by atoms with Crippen molar-refractivity contribution < 1.29 is 33.4 Å². The lowest BCUT2D eigenvalue weighted by Crippen LogP contribution is -2.40. The molecule has 4 amide bonds. The van der Waals surface area contributed by atoms with Crippen molar-refractivity contribution in [3.63, 3.8) is 0 Å². The van der Waals surface area contributed by atoms with Crippen LogP contribution in [-0.2, 0) is 33.4 Å². The van der Waals surface area contributed by atoms with Gasteiger partial charge >= 0.3 is 0 Å². The van der Waals surface area contributed by atoms with Crippen LogP contribution in [-0.4, -0.2) is 110 Å². The molecular weight excluding hydrogens is 442 g/mol. The molecule has 0 aromatic carbocycles. The van der Waals surface area contributed by atoms with E-state index in [9.17, 15) is 19.2 Å². The number of nitrogens with zero attached hydrogens (tertiary/aromatic N) is 3. The van der Waals surface area contributed by atoms with Gasteiger partial charge in [0.1, 0.15) is 0 Å². The molecule has 0 N–H and O–H groups in total. The van der Waals surface area contributed by atoms with Gasteiger partial charge in [-0.2, -0.15) is 0 Å². The minimum atomic E-state index is -0.324. The summed E-state index contributed by atoms with van der Waals surface area (Å²) < 4.78 is 16.2. The molecule has 190 valence electrons. The van der Waals surface area contributed by atoms with Crippen LogP contribution in [0.5, 0.6) is 0 Å². The van der Waals surface area contributed by atoms with Gasteiger partial charge in [-0.15, -0.1) is 0 Å². The monoisotopic (exact) mass is 479 g/mol. The van der Waals surface area contributed by atoms with Crippen LogP contribution in [0.4, 0.5) is 0 Å². The smallest absolute Gasteiger partial charge is 0.256 e. The second kappa shape index (κ2) is 14.1. The maximum Gasteiger partial charge on any atom is 0.256 e. The van der Waals surface area contributed by atoms with Crippen molar-refractivity contribution in [2.45, 2.75) is 46.2 Å². The van der Waals surface area contributed by atoms with Crippen LogP contribution in [0, 0.1) is 0 Å². The van der Waals surface area contributed by atoms with Gasteiger partial charge in [-0.1, -0.05) is 6.92 Å². The average Bonchev–Trinajstić information content (AvgIpc) is 3.24. The fourth-order valence-corrected chi connectivity index (χ4v) is 4.05. The lowest BCUT2D eigenvalue weighted by Gasteiger charge is -2.31. The second-order valence-corrected chi connectivity index (χ2v) is 8.44. The van der Waals surface area contributed by atoms with Crippen LogP contribution in [0.15, 0.2) is 23.8 Å². The van der Waals surface area contributed by atoms with Crippen molar-refractivity contribution in [1.82, 2.24) is 14.7 Å². The third-order valence-electron chi connectivity index (χ3n) is 5.76. The van der Waals surface area contributed by atoms with Crippen LogP contribution in [0.3, 0.4) is 0 Å². The second-order valence-electron chi connectivity index (χ2n) is 8.44. The Kier molecular flexibility index (Phi) is 11.5. The summed E-state index contributed by atoms with van der Waals surface area (Å²) in [7, 11) is 0. The fourth-order valence-electron chi connectivity index (χ4n) is 4.05. The minimum absolute atomic E-state index is 0.174. The summed E-state index contributed by atoms with van der Waals surface area (Å²) in [5, 5.41) is 0. The van der Waals surface area contributed by atoms with Crippen molar-refractivity contribution in [3.05, 3.63) is 23.8 Å². The normalized spacial score (nSPS) is 17.2. The Morgan fingerprint density at radius 2 is 1.26 bits per heavy atom. The maximum atomic E-state index is 12.6. The molecule has 2 aliphatic rings. The molecule has 0 aromatic heterocycles. The molecular formula is C24H37N3O7. The number of ether oxygens (including phenoxy) is 3. The topological polar surface area (TPSA) is 106 Å². The highest BCUT2D eigenvalue weighted by molar-refractivity contribution is 6.16. The Bertz CT molecular complexity index is 775. The minimum Gasteiger partial charge on any atom is -0.377 e. The highest BCUT2D eigenvalue weighted by Gasteiger charge is 2.32. The van der Waals surface area contributed by atoms with Crippen LogP contribution in [0.2, 0.25) is 0 Å². The molecule has 34 heavy (non-hydrogen) atoms. The van der Waals surface area contributed by atoms with E-state index in [-0.39, 0.29) is 56.0 Å². The molecule has 2 heterocycles. The lowest BCUT2D eigenvalue weighted by atomic mass is 10.1. The Balaban J connectivity index is 1.51. The number of rotatable bonds is 17. The summed E-state index contributed by atoms with van der Waals surface area (Å²) in [6.07, 6.45) is 4.48. The summed E-state index contributed by atoms with van der Waals surface area (Å²) in [5.74, 6) is -1.17. The van der Waals surface area contributed by atoms with E-state index in [0.29, 0.717) is 44.5 Å². The number of amides is 4. The first kappa shape index (κ1) is 27.8. The molecule has 0 radical (unpaired) electrons. The standard InChI is InChI=1S/C24H37N3O7/c1-5-25(18(2)3)19(4)16-20-17-23(30)27(24(20)31)9-11-33-13-15-34-14-12-32-10-8-26-21(28)6-7-22(26)29/h6-7,17-19H,5,8-16H2,1-4H3. The third-order valence-corrected chi connectivity index (χ3v) is 5.76. The van der Waals surface area contributed by atoms with Crippen molar-refractivity contribution in [2.24, 2.45) is 0 Å². The van der Waals surface area contributed by atoms with E-state index < -0.39 is 0 Å². The van der Waals surface area contributed by atoms with E-state index in [1.54, 1.807) is 0 Å². The lowest BCUT2D eigenvalue weighted by molar-refractivity contribution is -0.139. The maximum absolute atomic E-state index is 12.6. The van der Waals surface area contributed by atoms with Gasteiger partial charge in [0.25, 0.3) is 23.6 Å². The predicted octanol–water partition coefficient (Wildman–Crippen LogP) is 0.765. The zero-order valence-corrected chi connectivity index (χ0v) is 20.7. The molecule has 0 bridgehead atoms. The van der Waals surface area contributed by atoms with Crippen molar-refractivity contribution >= 4 is 23.6 Å². The van der Waals surface area contributed by atoms with Gasteiger partial charge in [0.05, 0.1) is 52.7 Å². The van der Waals surface area contributed by atoms with Crippen molar-refractivity contribution in [2.75, 3.05) is 59.3 Å². The molecule has 2 rings (SSSR count). The molecule has 0 aliphatic carbocycles. The van der Waals surface area contributed by atoms with Crippen LogP contribution in [0.25, 0.3) is 0 Å². The van der Waals surface area contributed by atoms with E-state index in [0.717, 1.165) is 11.4 Å². The van der Waals surface area contributed by atoms with E-state index >= 15 is 0 Å². The van der Waals surface area contributed by atoms with E-state index in [1.165, 1.54) is 23.1 Å². The van der Waals surface area contributed by atoms with Crippen molar-refractivity contribution in [3.8, 4) is 0 Å². The SMILES string of the molecule is CCN(C(C)C)C(C)CC1=CC(=O)N(CCOCCOCCOCCN2C(=O)C=CC2=O)C1=O. The summed E-state index contributed by atoms with van der Waals surface area (Å²) >= 11 is 0. The number of carbonyl (C=O) groups excluding carboxylic acids is 4. The van der Waals surface area contributed by atoms with Gasteiger partial charge in [0.15, 0.2) is 0 Å². The first-order valence-corrected chi connectivity index (χ1v) is 11.8. The van der Waals surface area contributed by atoms with E-state index in [4.69, 9.17) is 14.2 Å². The largest absolute Gasteiger partial charge is 0.377 e. The van der Waals surface area contributed by atoms with Crippen molar-refractivity contribution in [1.29, 1.82) is 0 Å². The van der Waals surface area contributed by atoms with Crippen LogP contribution < -0.4 is 0 Å². The van der Waals surface area contributed by atoms with Gasteiger partial charge < -0.3 is 14.2 Å². The van der Waals surface area contributed by atoms with Gasteiger partial charge in [0.2, 0.25) is 0 Å². The van der Waals surface area contributed by atoms with Gasteiger partial charge in [-0.05, 0) is 33.7 Å². The Labute approximate surface area is 201 Å². The fraction of sp³-hybridized carbons (Fsp3) is 0.667. The summed E-state index contributed by atoms with van der Waals surface area (Å²) in [6, 6.07) is 0.544. The quantitative estimate of drug-likeness (QED) is 0.222. The highest BCUT2D eigenvalue weighted by Crippen LogP contribution is 2.21. The molecule has 0 saturated heterocycles. The van der Waals surface area contributed by atoms with E-state index in [1.807, 2.05) is 0 Å². The van der Waals surface area contributed by atoms with E-state index in [2.05, 4.69) is 32.6 Å². The predicted molar refractivity (Wildman–Crippen MR) is 125 cm³/mol. The molecule has 0 saturated carbocycles. The molecule has 0 spiro atoms. The number of imide groups is 2. The zero-order valence-electron chi connectivity index (χ0n) is 20.7. The first-order chi connectivity index (χ1) is 16.3. The van der Waals surface area contributed by atoms with Gasteiger partial charge in [0, 0.05) is 35.9 Å². The average molecular weight is 480 g/mol. The molecule has 2 aliphatic heterocycles.